The van der Waals surface area contributed by atoms with Gasteiger partial charge in [0.25, 0.3) is 0 Å². The molecule has 2 aromatic rings. The standard InChI is InChI=1S/C14H12ClNO2/c1-10-4-2-3-5-13(10)16(14(17)18)12-8-6-11(15)7-9-12/h2-9H,1H3,(H,17,18)/p-1. The molecule has 0 N–H and O–H groups in total. The number of para-hydroxylation sites is 1. The molecular weight excluding hydrogens is 250 g/mol. The van der Waals surface area contributed by atoms with Crippen LogP contribution in [-0.4, -0.2) is 6.09 Å². The van der Waals surface area contributed by atoms with Gasteiger partial charge in [0.1, 0.15) is 6.09 Å². The molecule has 0 spiro atoms. The summed E-state index contributed by atoms with van der Waals surface area (Å²) in [6.45, 7) is 1.85. The van der Waals surface area contributed by atoms with Crippen LogP contribution in [-0.2, 0) is 0 Å². The van der Waals surface area contributed by atoms with Crippen molar-refractivity contribution in [2.24, 2.45) is 0 Å². The number of amides is 1. The second kappa shape index (κ2) is 5.10. The summed E-state index contributed by atoms with van der Waals surface area (Å²) < 4.78 is 0. The summed E-state index contributed by atoms with van der Waals surface area (Å²) in [5.41, 5.74) is 1.95. The second-order valence-corrected chi connectivity index (χ2v) is 4.30. The minimum absolute atomic E-state index is 0.508. The number of carbonyl (C=O) groups is 1. The average Bonchev–Trinajstić information content (AvgIpc) is 2.34. The maximum Gasteiger partial charge on any atom is 0.146 e. The molecule has 92 valence electrons. The van der Waals surface area contributed by atoms with Gasteiger partial charge in [0.05, 0.1) is 5.69 Å². The Kier molecular flexibility index (Phi) is 3.53. The van der Waals surface area contributed by atoms with E-state index in [0.29, 0.717) is 16.4 Å². The summed E-state index contributed by atoms with van der Waals surface area (Å²) in [6.07, 6.45) is -1.27. The van der Waals surface area contributed by atoms with E-state index in [1.165, 1.54) is 0 Å². The molecule has 0 bridgehead atoms. The molecule has 0 radical (unpaired) electrons. The molecule has 18 heavy (non-hydrogen) atoms. The molecule has 0 aliphatic rings. The highest BCUT2D eigenvalue weighted by Crippen LogP contribution is 2.28. The van der Waals surface area contributed by atoms with Gasteiger partial charge < -0.3 is 9.90 Å². The largest absolute Gasteiger partial charge is 0.529 e. The van der Waals surface area contributed by atoms with Crippen LogP contribution in [0.5, 0.6) is 0 Å². The fourth-order valence-corrected chi connectivity index (χ4v) is 1.87. The number of rotatable bonds is 2. The summed E-state index contributed by atoms with van der Waals surface area (Å²) in [5.74, 6) is 0. The van der Waals surface area contributed by atoms with Crippen molar-refractivity contribution < 1.29 is 9.90 Å². The van der Waals surface area contributed by atoms with E-state index in [2.05, 4.69) is 0 Å². The molecule has 3 nitrogen and oxygen atoms in total. The first-order valence-corrected chi connectivity index (χ1v) is 5.79. The first kappa shape index (κ1) is 12.5. The Morgan fingerprint density at radius 1 is 1.11 bits per heavy atom. The van der Waals surface area contributed by atoms with Crippen LogP contribution >= 0.6 is 11.6 Å². The minimum atomic E-state index is -1.27. The normalized spacial score (nSPS) is 10.1. The molecule has 0 fully saturated rings. The minimum Gasteiger partial charge on any atom is -0.529 e. The smallest absolute Gasteiger partial charge is 0.146 e. The summed E-state index contributed by atoms with van der Waals surface area (Å²) in [4.78, 5) is 12.4. The lowest BCUT2D eigenvalue weighted by Gasteiger charge is -2.26. The lowest BCUT2D eigenvalue weighted by Crippen LogP contribution is -2.38. The van der Waals surface area contributed by atoms with Crippen LogP contribution < -0.4 is 10.0 Å². The van der Waals surface area contributed by atoms with Gasteiger partial charge in [-0.1, -0.05) is 29.8 Å². The molecule has 0 aliphatic carbocycles. The highest BCUT2D eigenvalue weighted by Gasteiger charge is 2.12. The van der Waals surface area contributed by atoms with Gasteiger partial charge in [0, 0.05) is 10.7 Å². The summed E-state index contributed by atoms with van der Waals surface area (Å²) in [6, 6.07) is 13.8. The van der Waals surface area contributed by atoms with E-state index in [9.17, 15) is 9.90 Å². The molecule has 0 saturated carbocycles. The predicted molar refractivity (Wildman–Crippen MR) is 70.2 cm³/mol. The van der Waals surface area contributed by atoms with E-state index in [1.807, 2.05) is 19.1 Å². The Labute approximate surface area is 110 Å². The first-order chi connectivity index (χ1) is 8.59. The zero-order chi connectivity index (χ0) is 13.1. The SMILES string of the molecule is Cc1ccccc1N(C(=O)[O-])c1ccc(Cl)cc1. The maximum atomic E-state index is 11.3. The fraction of sp³-hybridized carbons (Fsp3) is 0.0714. The van der Waals surface area contributed by atoms with Gasteiger partial charge in [-0.15, -0.1) is 0 Å². The molecule has 2 aromatic carbocycles. The van der Waals surface area contributed by atoms with Gasteiger partial charge in [-0.3, -0.25) is 4.90 Å². The number of aryl methyl sites for hydroxylation is 1. The van der Waals surface area contributed by atoms with Crippen molar-refractivity contribution in [3.8, 4) is 0 Å². The molecule has 0 heterocycles. The zero-order valence-corrected chi connectivity index (χ0v) is 10.5. The van der Waals surface area contributed by atoms with E-state index >= 15 is 0 Å². The second-order valence-electron chi connectivity index (χ2n) is 3.86. The molecule has 0 saturated heterocycles. The molecule has 2 rings (SSSR count). The number of benzene rings is 2. The number of carbonyl (C=O) groups excluding carboxylic acids is 1. The zero-order valence-electron chi connectivity index (χ0n) is 9.76. The van der Waals surface area contributed by atoms with Crippen LogP contribution in [0.25, 0.3) is 0 Å². The molecule has 0 aromatic heterocycles. The van der Waals surface area contributed by atoms with Crippen LogP contribution in [0.2, 0.25) is 5.02 Å². The fourth-order valence-electron chi connectivity index (χ4n) is 1.75. The first-order valence-electron chi connectivity index (χ1n) is 5.42. The molecular formula is C14H11ClNO2-. The lowest BCUT2D eigenvalue weighted by atomic mass is 10.1. The van der Waals surface area contributed by atoms with Gasteiger partial charge >= 0.3 is 0 Å². The highest BCUT2D eigenvalue weighted by atomic mass is 35.5. The third kappa shape index (κ3) is 2.46. The lowest BCUT2D eigenvalue weighted by molar-refractivity contribution is -0.245. The van der Waals surface area contributed by atoms with Gasteiger partial charge in [0.15, 0.2) is 0 Å². The third-order valence-electron chi connectivity index (χ3n) is 2.62. The topological polar surface area (TPSA) is 43.4 Å². The number of hydrogen-bond acceptors (Lipinski definition) is 2. The van der Waals surface area contributed by atoms with Crippen molar-refractivity contribution in [1.82, 2.24) is 0 Å². The van der Waals surface area contributed by atoms with Crippen LogP contribution in [0.15, 0.2) is 48.5 Å². The Hall–Kier alpha value is -2.00. The van der Waals surface area contributed by atoms with Gasteiger partial charge in [-0.25, -0.2) is 0 Å². The number of nitrogens with zero attached hydrogens (tertiary/aromatic N) is 1. The van der Waals surface area contributed by atoms with E-state index in [-0.39, 0.29) is 0 Å². The van der Waals surface area contributed by atoms with Crippen molar-refractivity contribution in [2.45, 2.75) is 6.92 Å². The quantitative estimate of drug-likeness (QED) is 0.833. The number of hydrogen-bond donors (Lipinski definition) is 0. The Morgan fingerprint density at radius 2 is 1.72 bits per heavy atom. The Balaban J connectivity index is 2.50. The van der Waals surface area contributed by atoms with Gasteiger partial charge in [0.2, 0.25) is 0 Å². The number of halogens is 1. The van der Waals surface area contributed by atoms with Crippen molar-refractivity contribution in [2.75, 3.05) is 4.90 Å². The maximum absolute atomic E-state index is 11.3. The molecule has 4 heteroatoms. The van der Waals surface area contributed by atoms with Gasteiger partial charge in [-0.2, -0.15) is 0 Å². The van der Waals surface area contributed by atoms with E-state index in [4.69, 9.17) is 11.6 Å². The van der Waals surface area contributed by atoms with Gasteiger partial charge in [-0.05, 0) is 42.8 Å². The van der Waals surface area contributed by atoms with Crippen LogP contribution in [0.3, 0.4) is 0 Å². The Bertz CT molecular complexity index is 566. The van der Waals surface area contributed by atoms with E-state index in [1.54, 1.807) is 36.4 Å². The Morgan fingerprint density at radius 3 is 2.28 bits per heavy atom. The number of anilines is 2. The van der Waals surface area contributed by atoms with Crippen molar-refractivity contribution in [1.29, 1.82) is 0 Å². The van der Waals surface area contributed by atoms with Crippen molar-refractivity contribution in [3.63, 3.8) is 0 Å². The molecule has 0 aliphatic heterocycles. The van der Waals surface area contributed by atoms with E-state index < -0.39 is 6.09 Å². The van der Waals surface area contributed by atoms with Crippen molar-refractivity contribution in [3.05, 3.63) is 59.1 Å². The molecule has 0 unspecified atom stereocenters. The summed E-state index contributed by atoms with van der Waals surface area (Å²) in [5, 5.41) is 11.9. The molecule has 1 amide bonds. The highest BCUT2D eigenvalue weighted by molar-refractivity contribution is 6.30. The average molecular weight is 261 g/mol. The van der Waals surface area contributed by atoms with Crippen LogP contribution in [0.4, 0.5) is 16.2 Å². The third-order valence-corrected chi connectivity index (χ3v) is 2.88. The van der Waals surface area contributed by atoms with E-state index in [0.717, 1.165) is 10.5 Å². The molecule has 0 atom stereocenters. The van der Waals surface area contributed by atoms with Crippen LogP contribution in [0, 0.1) is 6.92 Å². The summed E-state index contributed by atoms with van der Waals surface area (Å²) in [7, 11) is 0. The van der Waals surface area contributed by atoms with Crippen molar-refractivity contribution >= 4 is 29.1 Å². The monoisotopic (exact) mass is 260 g/mol. The number of carboxylic acid groups (broad SMARTS) is 1. The predicted octanol–water partition coefficient (Wildman–Crippen LogP) is 3.13. The van der Waals surface area contributed by atoms with Crippen LogP contribution in [0.1, 0.15) is 5.56 Å². The summed E-state index contributed by atoms with van der Waals surface area (Å²) >= 11 is 5.79.